The zero-order valence-corrected chi connectivity index (χ0v) is 16.6. The molecule has 2 aliphatic heterocycles. The minimum Gasteiger partial charge on any atom is -0.490 e. The Kier molecular flexibility index (Phi) is 6.77. The molecule has 2 aliphatic rings. The van der Waals surface area contributed by atoms with E-state index >= 15 is 0 Å². The van der Waals surface area contributed by atoms with Crippen molar-refractivity contribution in [2.24, 2.45) is 11.1 Å². The Morgan fingerprint density at radius 2 is 2.00 bits per heavy atom. The number of nitrogens with one attached hydrogen (secondary N) is 1. The summed E-state index contributed by atoms with van der Waals surface area (Å²) >= 11 is 0. The van der Waals surface area contributed by atoms with Crippen LogP contribution < -0.4 is 20.5 Å². The van der Waals surface area contributed by atoms with E-state index in [1.54, 1.807) is 0 Å². The van der Waals surface area contributed by atoms with Gasteiger partial charge in [-0.05, 0) is 30.9 Å². The summed E-state index contributed by atoms with van der Waals surface area (Å²) < 4.78 is 11.3. The molecule has 1 aromatic carbocycles. The molecule has 2 atom stereocenters. The van der Waals surface area contributed by atoms with Gasteiger partial charge in [-0.25, -0.2) is 0 Å². The third-order valence-corrected chi connectivity index (χ3v) is 5.28. The van der Waals surface area contributed by atoms with Crippen LogP contribution in [-0.4, -0.2) is 49.2 Å². The maximum absolute atomic E-state index is 12.7. The van der Waals surface area contributed by atoms with E-state index in [2.05, 4.69) is 24.1 Å². The Hall–Kier alpha value is -1.50. The molecule has 146 valence electrons. The number of amides is 1. The summed E-state index contributed by atoms with van der Waals surface area (Å²) in [6, 6.07) is 5.52. The SMILES string of the molecule is CC(C(=O)Nc1ccc2c(c1)OCCCO2)N1CCC(N)C(C)(C)C1.Cl. The minimum atomic E-state index is -0.206. The first-order chi connectivity index (χ1) is 11.9. The molecule has 0 aromatic heterocycles. The van der Waals surface area contributed by atoms with Crippen molar-refractivity contribution in [2.75, 3.05) is 31.6 Å². The molecule has 6 nitrogen and oxygen atoms in total. The first-order valence-electron chi connectivity index (χ1n) is 9.07. The average Bonchev–Trinajstić information content (AvgIpc) is 2.81. The van der Waals surface area contributed by atoms with Crippen LogP contribution in [0.2, 0.25) is 0 Å². The second kappa shape index (κ2) is 8.46. The van der Waals surface area contributed by atoms with Crippen molar-refractivity contribution in [1.82, 2.24) is 4.90 Å². The molecule has 7 heteroatoms. The third-order valence-electron chi connectivity index (χ3n) is 5.28. The van der Waals surface area contributed by atoms with Crippen LogP contribution in [0.5, 0.6) is 11.5 Å². The summed E-state index contributed by atoms with van der Waals surface area (Å²) in [6.07, 6.45) is 1.77. The van der Waals surface area contributed by atoms with Crippen molar-refractivity contribution in [3.8, 4) is 11.5 Å². The molecule has 1 aromatic rings. The summed E-state index contributed by atoms with van der Waals surface area (Å²) in [5.41, 5.74) is 6.95. The van der Waals surface area contributed by atoms with Gasteiger partial charge in [-0.3, -0.25) is 9.69 Å². The molecule has 0 saturated carbocycles. The van der Waals surface area contributed by atoms with Gasteiger partial charge in [0.15, 0.2) is 11.5 Å². The molecular formula is C19H30ClN3O3. The molecular weight excluding hydrogens is 354 g/mol. The summed E-state index contributed by atoms with van der Waals surface area (Å²) in [5.74, 6) is 1.41. The van der Waals surface area contributed by atoms with E-state index in [9.17, 15) is 4.79 Å². The van der Waals surface area contributed by atoms with Gasteiger partial charge in [0, 0.05) is 37.3 Å². The van der Waals surface area contributed by atoms with E-state index in [1.807, 2.05) is 25.1 Å². The fourth-order valence-electron chi connectivity index (χ4n) is 3.40. The lowest BCUT2D eigenvalue weighted by molar-refractivity contribution is -0.122. The number of nitrogens with zero attached hydrogens (tertiary/aromatic N) is 1. The monoisotopic (exact) mass is 383 g/mol. The number of carbonyl (C=O) groups is 1. The van der Waals surface area contributed by atoms with Crippen LogP contribution in [0.3, 0.4) is 0 Å². The first kappa shape index (κ1) is 20.8. The molecule has 1 saturated heterocycles. The van der Waals surface area contributed by atoms with E-state index in [0.717, 1.165) is 37.4 Å². The van der Waals surface area contributed by atoms with Crippen LogP contribution in [0.25, 0.3) is 0 Å². The fraction of sp³-hybridized carbons (Fsp3) is 0.632. The zero-order chi connectivity index (χ0) is 18.0. The van der Waals surface area contributed by atoms with Crippen molar-refractivity contribution in [1.29, 1.82) is 0 Å². The number of hydrogen-bond donors (Lipinski definition) is 2. The van der Waals surface area contributed by atoms with Gasteiger partial charge in [0.05, 0.1) is 19.3 Å². The number of benzene rings is 1. The van der Waals surface area contributed by atoms with Crippen molar-refractivity contribution in [3.63, 3.8) is 0 Å². The molecule has 0 bridgehead atoms. The molecule has 3 N–H and O–H groups in total. The first-order valence-corrected chi connectivity index (χ1v) is 9.07. The van der Waals surface area contributed by atoms with Gasteiger partial charge in [-0.15, -0.1) is 12.4 Å². The Morgan fingerprint density at radius 1 is 1.31 bits per heavy atom. The van der Waals surface area contributed by atoms with Gasteiger partial charge in [0.25, 0.3) is 0 Å². The number of likely N-dealkylation sites (tertiary alicyclic amines) is 1. The smallest absolute Gasteiger partial charge is 0.241 e. The zero-order valence-electron chi connectivity index (χ0n) is 15.8. The topological polar surface area (TPSA) is 76.8 Å². The van der Waals surface area contributed by atoms with Gasteiger partial charge in [-0.1, -0.05) is 13.8 Å². The van der Waals surface area contributed by atoms with Crippen LogP contribution in [0.1, 0.15) is 33.6 Å². The lowest BCUT2D eigenvalue weighted by atomic mass is 9.79. The van der Waals surface area contributed by atoms with E-state index in [0.29, 0.717) is 19.0 Å². The second-order valence-electron chi connectivity index (χ2n) is 7.73. The summed E-state index contributed by atoms with van der Waals surface area (Å²) in [4.78, 5) is 14.9. The van der Waals surface area contributed by atoms with Crippen molar-refractivity contribution >= 4 is 24.0 Å². The predicted molar refractivity (Wildman–Crippen MR) is 105 cm³/mol. The third kappa shape index (κ3) is 4.61. The Balaban J connectivity index is 0.00000243. The number of halogens is 1. The lowest BCUT2D eigenvalue weighted by Gasteiger charge is -2.44. The lowest BCUT2D eigenvalue weighted by Crippen LogP contribution is -2.56. The Labute approximate surface area is 161 Å². The number of piperidine rings is 1. The number of nitrogens with two attached hydrogens (primary N) is 1. The highest BCUT2D eigenvalue weighted by atomic mass is 35.5. The van der Waals surface area contributed by atoms with Crippen LogP contribution in [0, 0.1) is 5.41 Å². The largest absolute Gasteiger partial charge is 0.490 e. The highest BCUT2D eigenvalue weighted by Crippen LogP contribution is 2.33. The van der Waals surface area contributed by atoms with Gasteiger partial charge in [0.2, 0.25) is 5.91 Å². The molecule has 1 amide bonds. The number of rotatable bonds is 3. The molecule has 0 aliphatic carbocycles. The molecule has 2 unspecified atom stereocenters. The number of hydrogen-bond acceptors (Lipinski definition) is 5. The van der Waals surface area contributed by atoms with Gasteiger partial charge in [-0.2, -0.15) is 0 Å². The molecule has 3 rings (SSSR count). The number of ether oxygens (including phenoxy) is 2. The van der Waals surface area contributed by atoms with Crippen LogP contribution in [-0.2, 0) is 4.79 Å². The highest BCUT2D eigenvalue weighted by molar-refractivity contribution is 5.94. The molecule has 0 spiro atoms. The Bertz CT molecular complexity index is 638. The summed E-state index contributed by atoms with van der Waals surface area (Å²) in [6.45, 7) is 9.23. The van der Waals surface area contributed by atoms with Crippen LogP contribution in [0.15, 0.2) is 18.2 Å². The van der Waals surface area contributed by atoms with E-state index in [4.69, 9.17) is 15.2 Å². The highest BCUT2D eigenvalue weighted by Gasteiger charge is 2.36. The number of anilines is 1. The normalized spacial score (nSPS) is 23.3. The quantitative estimate of drug-likeness (QED) is 0.839. The fourth-order valence-corrected chi connectivity index (χ4v) is 3.40. The van der Waals surface area contributed by atoms with E-state index in [1.165, 1.54) is 0 Å². The van der Waals surface area contributed by atoms with Gasteiger partial charge < -0.3 is 20.5 Å². The van der Waals surface area contributed by atoms with E-state index in [-0.39, 0.29) is 35.8 Å². The maximum Gasteiger partial charge on any atom is 0.241 e. The average molecular weight is 384 g/mol. The standard InChI is InChI=1S/C19H29N3O3.ClH/c1-13(22-8-7-17(20)19(2,3)12-22)18(23)21-14-5-6-15-16(11-14)25-10-4-9-24-15;/h5-6,11,13,17H,4,7-10,12,20H2,1-3H3,(H,21,23);1H. The van der Waals surface area contributed by atoms with Crippen LogP contribution in [0.4, 0.5) is 5.69 Å². The maximum atomic E-state index is 12.7. The molecule has 26 heavy (non-hydrogen) atoms. The molecule has 0 radical (unpaired) electrons. The Morgan fingerprint density at radius 3 is 2.69 bits per heavy atom. The predicted octanol–water partition coefficient (Wildman–Crippen LogP) is 2.66. The number of carbonyl (C=O) groups excluding carboxylic acids is 1. The number of fused-ring (bicyclic) bond motifs is 1. The van der Waals surface area contributed by atoms with Crippen molar-refractivity contribution in [2.45, 2.75) is 45.7 Å². The molecule has 1 fully saturated rings. The molecule has 2 heterocycles. The van der Waals surface area contributed by atoms with Gasteiger partial charge >= 0.3 is 0 Å². The minimum absolute atomic E-state index is 0. The summed E-state index contributed by atoms with van der Waals surface area (Å²) in [5, 5.41) is 3.00. The van der Waals surface area contributed by atoms with E-state index < -0.39 is 0 Å². The van der Waals surface area contributed by atoms with Crippen molar-refractivity contribution in [3.05, 3.63) is 18.2 Å². The second-order valence-corrected chi connectivity index (χ2v) is 7.73. The van der Waals surface area contributed by atoms with Crippen molar-refractivity contribution < 1.29 is 14.3 Å². The van der Waals surface area contributed by atoms with Gasteiger partial charge in [0.1, 0.15) is 0 Å². The van der Waals surface area contributed by atoms with Crippen LogP contribution >= 0.6 is 12.4 Å². The summed E-state index contributed by atoms with van der Waals surface area (Å²) in [7, 11) is 0.